The van der Waals surface area contributed by atoms with Crippen LogP contribution in [0.3, 0.4) is 0 Å². The minimum Gasteiger partial charge on any atom is -0.306 e. The predicted molar refractivity (Wildman–Crippen MR) is 68.1 cm³/mol. The van der Waals surface area contributed by atoms with Gasteiger partial charge in [0.25, 0.3) is 0 Å². The number of hydrogen-bond donors (Lipinski definition) is 1. The molecular weight excluding hydrogens is 213 g/mol. The SMILES string of the molecule is C#CCC(CC)NC1CCc2cc(F)ccc21. The van der Waals surface area contributed by atoms with E-state index >= 15 is 0 Å². The van der Waals surface area contributed by atoms with E-state index in [1.165, 1.54) is 5.56 Å². The number of fused-ring (bicyclic) bond motifs is 1. The van der Waals surface area contributed by atoms with E-state index in [0.29, 0.717) is 12.1 Å². The van der Waals surface area contributed by atoms with Gasteiger partial charge in [0.1, 0.15) is 5.82 Å². The van der Waals surface area contributed by atoms with E-state index in [1.807, 2.05) is 6.07 Å². The lowest BCUT2D eigenvalue weighted by Crippen LogP contribution is -2.31. The van der Waals surface area contributed by atoms with Crippen molar-refractivity contribution in [2.45, 2.75) is 44.7 Å². The molecule has 0 spiro atoms. The van der Waals surface area contributed by atoms with E-state index in [-0.39, 0.29) is 5.82 Å². The van der Waals surface area contributed by atoms with Crippen LogP contribution in [0.2, 0.25) is 0 Å². The second-order valence-corrected chi connectivity index (χ2v) is 4.61. The summed E-state index contributed by atoms with van der Waals surface area (Å²) in [6.07, 6.45) is 9.13. The van der Waals surface area contributed by atoms with Crippen LogP contribution >= 0.6 is 0 Å². The first-order valence-corrected chi connectivity index (χ1v) is 6.22. The molecule has 1 aliphatic carbocycles. The lowest BCUT2D eigenvalue weighted by molar-refractivity contribution is 0.427. The van der Waals surface area contributed by atoms with Crippen LogP contribution in [-0.4, -0.2) is 6.04 Å². The third-order valence-electron chi connectivity index (χ3n) is 3.48. The third-order valence-corrected chi connectivity index (χ3v) is 3.48. The molecule has 2 unspecified atom stereocenters. The number of halogens is 1. The van der Waals surface area contributed by atoms with Gasteiger partial charge in [0.05, 0.1) is 0 Å². The summed E-state index contributed by atoms with van der Waals surface area (Å²) in [4.78, 5) is 0. The molecule has 2 heteroatoms. The first-order chi connectivity index (χ1) is 8.24. The standard InChI is InChI=1S/C15H18FN/c1-3-5-13(4-2)17-15-9-6-11-10-12(16)7-8-14(11)15/h1,7-8,10,13,15,17H,4-6,9H2,2H3. The van der Waals surface area contributed by atoms with Gasteiger partial charge >= 0.3 is 0 Å². The highest BCUT2D eigenvalue weighted by atomic mass is 19.1. The molecule has 2 rings (SSSR count). The maximum absolute atomic E-state index is 13.1. The molecular formula is C15H18FN. The van der Waals surface area contributed by atoms with Crippen molar-refractivity contribution >= 4 is 0 Å². The Labute approximate surface area is 102 Å². The smallest absolute Gasteiger partial charge is 0.123 e. The lowest BCUT2D eigenvalue weighted by Gasteiger charge is -2.21. The Morgan fingerprint density at radius 2 is 2.41 bits per heavy atom. The average molecular weight is 231 g/mol. The Bertz CT molecular complexity index is 433. The molecule has 0 bridgehead atoms. The molecule has 1 N–H and O–H groups in total. The fourth-order valence-electron chi connectivity index (χ4n) is 2.51. The quantitative estimate of drug-likeness (QED) is 0.785. The summed E-state index contributed by atoms with van der Waals surface area (Å²) in [7, 11) is 0. The van der Waals surface area contributed by atoms with Gasteiger partial charge in [-0.15, -0.1) is 12.3 Å². The van der Waals surface area contributed by atoms with Crippen LogP contribution < -0.4 is 5.32 Å². The monoisotopic (exact) mass is 231 g/mol. The highest BCUT2D eigenvalue weighted by Crippen LogP contribution is 2.32. The zero-order valence-electron chi connectivity index (χ0n) is 10.2. The van der Waals surface area contributed by atoms with Crippen molar-refractivity contribution in [1.29, 1.82) is 0 Å². The zero-order chi connectivity index (χ0) is 12.3. The topological polar surface area (TPSA) is 12.0 Å². The van der Waals surface area contributed by atoms with Crippen molar-refractivity contribution < 1.29 is 4.39 Å². The Balaban J connectivity index is 2.09. The van der Waals surface area contributed by atoms with Crippen molar-refractivity contribution in [2.75, 3.05) is 0 Å². The predicted octanol–water partition coefficient (Wildman–Crippen LogP) is 3.20. The normalized spacial score (nSPS) is 19.7. The van der Waals surface area contributed by atoms with Crippen LogP contribution in [0.5, 0.6) is 0 Å². The van der Waals surface area contributed by atoms with E-state index in [9.17, 15) is 4.39 Å². The molecule has 0 aromatic heterocycles. The van der Waals surface area contributed by atoms with Gasteiger partial charge in [-0.2, -0.15) is 0 Å². The highest BCUT2D eigenvalue weighted by Gasteiger charge is 2.24. The van der Waals surface area contributed by atoms with Gasteiger partial charge in [-0.05, 0) is 42.5 Å². The molecule has 1 aromatic rings. The first kappa shape index (κ1) is 12.1. The van der Waals surface area contributed by atoms with E-state index in [4.69, 9.17) is 6.42 Å². The maximum Gasteiger partial charge on any atom is 0.123 e. The fourth-order valence-corrected chi connectivity index (χ4v) is 2.51. The minimum absolute atomic E-state index is 0.139. The van der Waals surface area contributed by atoms with Crippen LogP contribution in [0, 0.1) is 18.2 Å². The Hall–Kier alpha value is -1.33. The molecule has 0 saturated heterocycles. The van der Waals surface area contributed by atoms with Crippen LogP contribution in [0.1, 0.15) is 43.4 Å². The molecule has 0 amide bonds. The highest BCUT2D eigenvalue weighted by molar-refractivity contribution is 5.35. The van der Waals surface area contributed by atoms with Crippen LogP contribution in [0.4, 0.5) is 4.39 Å². The first-order valence-electron chi connectivity index (χ1n) is 6.22. The second-order valence-electron chi connectivity index (χ2n) is 4.61. The Kier molecular flexibility index (Phi) is 3.81. The summed E-state index contributed by atoms with van der Waals surface area (Å²) in [6, 6.07) is 5.79. The van der Waals surface area contributed by atoms with E-state index in [1.54, 1.807) is 12.1 Å². The molecule has 2 atom stereocenters. The third kappa shape index (κ3) is 2.68. The molecule has 90 valence electrons. The minimum atomic E-state index is -0.139. The molecule has 1 nitrogen and oxygen atoms in total. The van der Waals surface area contributed by atoms with Gasteiger partial charge in [0.15, 0.2) is 0 Å². The van der Waals surface area contributed by atoms with Crippen molar-refractivity contribution in [3.05, 3.63) is 35.1 Å². The Morgan fingerprint density at radius 1 is 1.59 bits per heavy atom. The van der Waals surface area contributed by atoms with Gasteiger partial charge in [0, 0.05) is 18.5 Å². The summed E-state index contributed by atoms with van der Waals surface area (Å²) < 4.78 is 13.1. The largest absolute Gasteiger partial charge is 0.306 e. The van der Waals surface area contributed by atoms with Gasteiger partial charge in [0.2, 0.25) is 0 Å². The van der Waals surface area contributed by atoms with Crippen molar-refractivity contribution in [1.82, 2.24) is 5.32 Å². The molecule has 0 aliphatic heterocycles. The number of rotatable bonds is 4. The Morgan fingerprint density at radius 3 is 3.12 bits per heavy atom. The van der Waals surface area contributed by atoms with E-state index < -0.39 is 0 Å². The van der Waals surface area contributed by atoms with Gasteiger partial charge in [-0.25, -0.2) is 4.39 Å². The summed E-state index contributed by atoms with van der Waals surface area (Å²) in [5.74, 6) is 2.56. The fraction of sp³-hybridized carbons (Fsp3) is 0.467. The number of benzene rings is 1. The molecule has 0 heterocycles. The summed E-state index contributed by atoms with van der Waals surface area (Å²) in [5, 5.41) is 3.58. The zero-order valence-corrected chi connectivity index (χ0v) is 10.2. The second kappa shape index (κ2) is 5.33. The van der Waals surface area contributed by atoms with Gasteiger partial charge in [-0.1, -0.05) is 13.0 Å². The van der Waals surface area contributed by atoms with Crippen LogP contribution in [0.25, 0.3) is 0 Å². The summed E-state index contributed by atoms with van der Waals surface area (Å²) >= 11 is 0. The van der Waals surface area contributed by atoms with Crippen molar-refractivity contribution in [3.8, 4) is 12.3 Å². The molecule has 1 aliphatic rings. The molecule has 0 saturated carbocycles. The number of nitrogens with one attached hydrogen (secondary N) is 1. The molecule has 0 fully saturated rings. The summed E-state index contributed by atoms with van der Waals surface area (Å²) in [6.45, 7) is 2.13. The molecule has 0 radical (unpaired) electrons. The van der Waals surface area contributed by atoms with Gasteiger partial charge < -0.3 is 5.32 Å². The van der Waals surface area contributed by atoms with E-state index in [2.05, 4.69) is 18.2 Å². The van der Waals surface area contributed by atoms with Crippen molar-refractivity contribution in [2.24, 2.45) is 0 Å². The maximum atomic E-state index is 13.1. The van der Waals surface area contributed by atoms with E-state index in [0.717, 1.165) is 31.2 Å². The van der Waals surface area contributed by atoms with Crippen LogP contribution in [-0.2, 0) is 6.42 Å². The van der Waals surface area contributed by atoms with Crippen LogP contribution in [0.15, 0.2) is 18.2 Å². The van der Waals surface area contributed by atoms with Crippen molar-refractivity contribution in [3.63, 3.8) is 0 Å². The molecule has 17 heavy (non-hydrogen) atoms. The summed E-state index contributed by atoms with van der Waals surface area (Å²) in [5.41, 5.74) is 2.37. The number of terminal acetylenes is 1. The average Bonchev–Trinajstić information content (AvgIpc) is 2.71. The lowest BCUT2D eigenvalue weighted by atomic mass is 10.1. The molecule has 1 aromatic carbocycles. The van der Waals surface area contributed by atoms with Gasteiger partial charge in [-0.3, -0.25) is 0 Å². The number of aryl methyl sites for hydroxylation is 1. The number of hydrogen-bond acceptors (Lipinski definition) is 1.